The molecule has 4 rings (SSSR count). The number of benzene rings is 1. The summed E-state index contributed by atoms with van der Waals surface area (Å²) in [5, 5.41) is 4.42. The Morgan fingerprint density at radius 2 is 2.12 bits per heavy atom. The highest BCUT2D eigenvalue weighted by molar-refractivity contribution is 7.92. The third-order valence-corrected chi connectivity index (χ3v) is 6.52. The number of methoxy groups -OCH3 is 1. The Morgan fingerprint density at radius 1 is 1.36 bits per heavy atom. The van der Waals surface area contributed by atoms with Crippen molar-refractivity contribution < 1.29 is 17.5 Å². The van der Waals surface area contributed by atoms with Gasteiger partial charge in [-0.3, -0.25) is 0 Å². The summed E-state index contributed by atoms with van der Waals surface area (Å²) >= 11 is 0. The zero-order valence-electron chi connectivity index (χ0n) is 13.4. The van der Waals surface area contributed by atoms with E-state index in [1.807, 2.05) is 0 Å². The zero-order valence-corrected chi connectivity index (χ0v) is 14.3. The van der Waals surface area contributed by atoms with Gasteiger partial charge >= 0.3 is 0 Å². The van der Waals surface area contributed by atoms with Crippen molar-refractivity contribution in [1.82, 2.24) is 19.6 Å². The molecule has 3 aromatic rings. The van der Waals surface area contributed by atoms with Gasteiger partial charge in [0.05, 0.1) is 23.6 Å². The molecule has 1 saturated carbocycles. The molecule has 8 nitrogen and oxygen atoms in total. The minimum atomic E-state index is -3.10. The lowest BCUT2D eigenvalue weighted by molar-refractivity contribution is 0.387. The van der Waals surface area contributed by atoms with Gasteiger partial charge < -0.3 is 10.5 Å². The van der Waals surface area contributed by atoms with Crippen molar-refractivity contribution in [3.8, 4) is 5.75 Å². The molecule has 2 aromatic heterocycles. The van der Waals surface area contributed by atoms with Crippen molar-refractivity contribution in [2.45, 2.75) is 24.5 Å². The highest BCUT2D eigenvalue weighted by atomic mass is 32.2. The molecule has 2 N–H and O–H groups in total. The van der Waals surface area contributed by atoms with Crippen LogP contribution in [0.2, 0.25) is 0 Å². The van der Waals surface area contributed by atoms with Gasteiger partial charge in [0.25, 0.3) is 0 Å². The second-order valence-electron chi connectivity index (χ2n) is 6.05. The Kier molecular flexibility index (Phi) is 3.53. The normalized spacial score (nSPS) is 15.1. The highest BCUT2D eigenvalue weighted by Gasteiger charge is 2.35. The molecule has 0 unspecified atom stereocenters. The monoisotopic (exact) mass is 365 g/mol. The first kappa shape index (κ1) is 16.0. The molecular weight excluding hydrogens is 349 g/mol. The molecule has 1 aliphatic carbocycles. The van der Waals surface area contributed by atoms with Crippen LogP contribution in [0, 0.1) is 5.82 Å². The number of hydrogen-bond donors (Lipinski definition) is 1. The van der Waals surface area contributed by atoms with Crippen molar-refractivity contribution >= 4 is 32.3 Å². The largest absolute Gasteiger partial charge is 0.494 e. The fourth-order valence-corrected chi connectivity index (χ4v) is 4.42. The lowest BCUT2D eigenvalue weighted by Gasteiger charge is -2.05. The number of anilines is 1. The molecule has 132 valence electrons. The summed E-state index contributed by atoms with van der Waals surface area (Å²) in [5.41, 5.74) is 6.66. The number of nitrogen functional groups attached to an aromatic ring is 1. The van der Waals surface area contributed by atoms with Gasteiger partial charge in [0.2, 0.25) is 5.95 Å². The van der Waals surface area contributed by atoms with Crippen LogP contribution in [0.1, 0.15) is 18.7 Å². The second kappa shape index (κ2) is 5.51. The molecule has 1 aliphatic rings. The first-order valence-corrected chi connectivity index (χ1v) is 9.50. The van der Waals surface area contributed by atoms with E-state index in [1.165, 1.54) is 23.8 Å². The summed E-state index contributed by atoms with van der Waals surface area (Å²) in [6, 6.07) is 2.70. The Labute approximate surface area is 142 Å². The Morgan fingerprint density at radius 3 is 2.80 bits per heavy atom. The predicted molar refractivity (Wildman–Crippen MR) is 89.7 cm³/mol. The van der Waals surface area contributed by atoms with E-state index in [0.29, 0.717) is 22.4 Å². The molecule has 25 heavy (non-hydrogen) atoms. The number of sulfone groups is 1. The molecule has 10 heteroatoms. The third-order valence-electron chi connectivity index (χ3n) is 4.26. The Balaban J connectivity index is 1.77. The van der Waals surface area contributed by atoms with E-state index < -0.39 is 15.7 Å². The first-order chi connectivity index (χ1) is 11.9. The van der Waals surface area contributed by atoms with Gasteiger partial charge in [0.1, 0.15) is 0 Å². The van der Waals surface area contributed by atoms with Crippen molar-refractivity contribution in [3.63, 3.8) is 0 Å². The molecular formula is C15H16FN5O3S. The number of aryl methyl sites for hydroxylation is 1. The van der Waals surface area contributed by atoms with E-state index in [2.05, 4.69) is 15.1 Å². The maximum atomic E-state index is 14.0. The minimum Gasteiger partial charge on any atom is -0.494 e. The molecule has 0 radical (unpaired) electrons. The summed E-state index contributed by atoms with van der Waals surface area (Å²) < 4.78 is 44.3. The molecule has 1 aromatic carbocycles. The van der Waals surface area contributed by atoms with Gasteiger partial charge in [-0.05, 0) is 18.9 Å². The lowest BCUT2D eigenvalue weighted by atomic mass is 10.2. The van der Waals surface area contributed by atoms with Crippen LogP contribution in [0.4, 0.5) is 10.3 Å². The maximum absolute atomic E-state index is 14.0. The summed E-state index contributed by atoms with van der Waals surface area (Å²) in [4.78, 5) is 8.53. The van der Waals surface area contributed by atoms with Crippen molar-refractivity contribution in [1.29, 1.82) is 0 Å². The molecule has 0 bridgehead atoms. The van der Waals surface area contributed by atoms with Gasteiger partial charge in [0, 0.05) is 17.9 Å². The number of fused-ring (bicyclic) bond motifs is 3. The van der Waals surface area contributed by atoms with Crippen molar-refractivity contribution in [3.05, 3.63) is 23.8 Å². The van der Waals surface area contributed by atoms with Crippen molar-refractivity contribution in [2.24, 2.45) is 0 Å². The summed E-state index contributed by atoms with van der Waals surface area (Å²) in [5.74, 6) is -0.0908. The summed E-state index contributed by atoms with van der Waals surface area (Å²) in [6.45, 7) is 0. The predicted octanol–water partition coefficient (Wildman–Crippen LogP) is 1.13. The fourth-order valence-electron chi connectivity index (χ4n) is 2.76. The maximum Gasteiger partial charge on any atom is 0.223 e. The Bertz CT molecular complexity index is 1090. The summed E-state index contributed by atoms with van der Waals surface area (Å²) in [6.07, 6.45) is 1.63. The van der Waals surface area contributed by atoms with Crippen LogP contribution in [-0.4, -0.2) is 46.1 Å². The van der Waals surface area contributed by atoms with Crippen LogP contribution in [0.15, 0.2) is 12.1 Å². The summed E-state index contributed by atoms with van der Waals surface area (Å²) in [7, 11) is -1.74. The van der Waals surface area contributed by atoms with Gasteiger partial charge in [-0.1, -0.05) is 0 Å². The lowest BCUT2D eigenvalue weighted by Crippen LogP contribution is -2.14. The van der Waals surface area contributed by atoms with Crippen LogP contribution in [0.5, 0.6) is 5.75 Å². The fraction of sp³-hybridized carbons (Fsp3) is 0.400. The van der Waals surface area contributed by atoms with Crippen LogP contribution in [0.25, 0.3) is 16.6 Å². The zero-order chi connectivity index (χ0) is 17.8. The standard InChI is InChI=1S/C15H16FN5O3S/c1-24-12-7-11-9(6-10(12)16)14-19-13(20-21(14)15(17)18-11)4-5-25(22,23)8-2-3-8/h6-8H,2-5H2,1H3,(H2,17,18). The van der Waals surface area contributed by atoms with Crippen LogP contribution < -0.4 is 10.5 Å². The number of nitrogens with zero attached hydrogens (tertiary/aromatic N) is 4. The first-order valence-electron chi connectivity index (χ1n) is 7.79. The van der Waals surface area contributed by atoms with E-state index in [9.17, 15) is 12.8 Å². The molecule has 0 atom stereocenters. The van der Waals surface area contributed by atoms with Gasteiger partial charge in [-0.25, -0.2) is 22.8 Å². The Hall–Kier alpha value is -2.49. The topological polar surface area (TPSA) is 112 Å². The van der Waals surface area contributed by atoms with E-state index in [1.54, 1.807) is 0 Å². The molecule has 0 aliphatic heterocycles. The van der Waals surface area contributed by atoms with Crippen LogP contribution in [-0.2, 0) is 16.3 Å². The number of hydrogen-bond acceptors (Lipinski definition) is 7. The van der Waals surface area contributed by atoms with E-state index in [0.717, 1.165) is 12.8 Å². The van der Waals surface area contributed by atoms with E-state index in [-0.39, 0.29) is 29.1 Å². The molecule has 0 amide bonds. The number of rotatable bonds is 5. The molecule has 1 fully saturated rings. The second-order valence-corrected chi connectivity index (χ2v) is 8.45. The molecule has 0 saturated heterocycles. The van der Waals surface area contributed by atoms with E-state index >= 15 is 0 Å². The molecule has 2 heterocycles. The number of halogens is 1. The highest BCUT2D eigenvalue weighted by Crippen LogP contribution is 2.30. The minimum absolute atomic E-state index is 0.0119. The average Bonchev–Trinajstić information content (AvgIpc) is 3.34. The van der Waals surface area contributed by atoms with Gasteiger partial charge in [-0.2, -0.15) is 4.52 Å². The average molecular weight is 365 g/mol. The quantitative estimate of drug-likeness (QED) is 0.721. The number of ether oxygens (including phenoxy) is 1. The van der Waals surface area contributed by atoms with Crippen molar-refractivity contribution in [2.75, 3.05) is 18.6 Å². The molecule has 0 spiro atoms. The van der Waals surface area contributed by atoms with Gasteiger partial charge in [-0.15, -0.1) is 5.10 Å². The van der Waals surface area contributed by atoms with Crippen LogP contribution in [0.3, 0.4) is 0 Å². The third kappa shape index (κ3) is 2.76. The number of nitrogens with two attached hydrogens (primary N) is 1. The smallest absolute Gasteiger partial charge is 0.223 e. The van der Waals surface area contributed by atoms with Crippen LogP contribution >= 0.6 is 0 Å². The number of aromatic nitrogens is 4. The SMILES string of the molecule is COc1cc2nc(N)n3nc(CCS(=O)(=O)C4CC4)nc3c2cc1F. The van der Waals surface area contributed by atoms with E-state index in [4.69, 9.17) is 10.5 Å². The van der Waals surface area contributed by atoms with Gasteiger partial charge in [0.15, 0.2) is 32.9 Å².